The molecule has 0 N–H and O–H groups in total. The zero-order valence-corrected chi connectivity index (χ0v) is 29.3. The van der Waals surface area contributed by atoms with Crippen LogP contribution in [0.1, 0.15) is 0 Å². The summed E-state index contributed by atoms with van der Waals surface area (Å²) in [5, 5.41) is 4.44. The van der Waals surface area contributed by atoms with Gasteiger partial charge in [0.1, 0.15) is 11.2 Å². The summed E-state index contributed by atoms with van der Waals surface area (Å²) in [6.07, 6.45) is 0. The summed E-state index contributed by atoms with van der Waals surface area (Å²) in [4.78, 5) is 12.6. The highest BCUT2D eigenvalue weighted by Crippen LogP contribution is 2.40. The number of aromatic nitrogens is 2. The maximum absolute atomic E-state index is 6.66. The molecule has 10 rings (SSSR count). The van der Waals surface area contributed by atoms with Crippen LogP contribution in [-0.2, 0) is 0 Å². The number of benzene rings is 8. The fraction of sp³-hybridized carbons (Fsp3) is 0. The Morgan fingerprint density at radius 1 is 0.352 bits per heavy atom. The van der Waals surface area contributed by atoms with Gasteiger partial charge in [0.2, 0.25) is 0 Å². The number of para-hydroxylation sites is 1. The molecule has 0 bridgehead atoms. The van der Waals surface area contributed by atoms with E-state index in [-0.39, 0.29) is 0 Å². The lowest BCUT2D eigenvalue weighted by Gasteiger charge is -2.25. The molecule has 2 heterocycles. The van der Waals surface area contributed by atoms with Crippen molar-refractivity contribution in [3.05, 3.63) is 200 Å². The van der Waals surface area contributed by atoms with Crippen molar-refractivity contribution in [2.45, 2.75) is 0 Å². The molecule has 10 aromatic rings. The highest BCUT2D eigenvalue weighted by Gasteiger charge is 2.18. The van der Waals surface area contributed by atoms with E-state index in [1.54, 1.807) is 0 Å². The summed E-state index contributed by atoms with van der Waals surface area (Å²) in [7, 11) is 0. The van der Waals surface area contributed by atoms with E-state index >= 15 is 0 Å². The molecule has 54 heavy (non-hydrogen) atoms. The Hall–Kier alpha value is -7.30. The van der Waals surface area contributed by atoms with Crippen molar-refractivity contribution in [3.63, 3.8) is 0 Å². The first-order valence-electron chi connectivity index (χ1n) is 18.2. The third-order valence-corrected chi connectivity index (χ3v) is 10.1. The van der Waals surface area contributed by atoms with Crippen molar-refractivity contribution in [1.29, 1.82) is 0 Å². The molecule has 254 valence electrons. The van der Waals surface area contributed by atoms with Gasteiger partial charge in [0.25, 0.3) is 0 Å². The molecule has 4 heteroatoms. The summed E-state index contributed by atoms with van der Waals surface area (Å²) in [6.45, 7) is 0. The molecular formula is C50H33N3O. The van der Waals surface area contributed by atoms with Gasteiger partial charge in [-0.2, -0.15) is 0 Å². The van der Waals surface area contributed by atoms with E-state index in [1.165, 1.54) is 16.5 Å². The minimum atomic E-state index is 0.650. The lowest BCUT2D eigenvalue weighted by molar-refractivity contribution is 0.669. The topological polar surface area (TPSA) is 42.2 Å². The Bertz CT molecular complexity index is 2910. The molecule has 0 saturated heterocycles. The van der Waals surface area contributed by atoms with Gasteiger partial charge < -0.3 is 9.32 Å². The van der Waals surface area contributed by atoms with E-state index in [2.05, 4.69) is 175 Å². The van der Waals surface area contributed by atoms with E-state index in [1.807, 2.05) is 30.3 Å². The second-order valence-electron chi connectivity index (χ2n) is 13.4. The molecule has 4 nitrogen and oxygen atoms in total. The SMILES string of the molecule is c1ccc(-c2ccc(N(c3ccccc3)c3ccc4c(c3)oc3cc(-c5nc(-c6ccccc6)cc(-c6cccc7ccccc67)n5)ccc34)cc2)cc1. The predicted octanol–water partition coefficient (Wildman–Crippen LogP) is 13.7. The molecule has 8 aromatic carbocycles. The number of hydrogen-bond acceptors (Lipinski definition) is 4. The highest BCUT2D eigenvalue weighted by molar-refractivity contribution is 6.07. The van der Waals surface area contributed by atoms with Gasteiger partial charge in [-0.25, -0.2) is 9.97 Å². The zero-order chi connectivity index (χ0) is 35.8. The summed E-state index contributed by atoms with van der Waals surface area (Å²) in [5.41, 5.74) is 11.9. The molecular weight excluding hydrogens is 659 g/mol. The minimum absolute atomic E-state index is 0.650. The van der Waals surface area contributed by atoms with E-state index in [9.17, 15) is 0 Å². The average Bonchev–Trinajstić information content (AvgIpc) is 3.62. The van der Waals surface area contributed by atoms with Crippen LogP contribution >= 0.6 is 0 Å². The van der Waals surface area contributed by atoms with Gasteiger partial charge in [-0.05, 0) is 76.5 Å². The molecule has 0 fully saturated rings. The first-order valence-corrected chi connectivity index (χ1v) is 18.2. The van der Waals surface area contributed by atoms with Crippen LogP contribution in [0.5, 0.6) is 0 Å². The summed E-state index contributed by atoms with van der Waals surface area (Å²) in [5.74, 6) is 0.650. The molecule has 0 unspecified atom stereocenters. The van der Waals surface area contributed by atoms with Gasteiger partial charge in [0, 0.05) is 50.6 Å². The van der Waals surface area contributed by atoms with Crippen LogP contribution in [0.2, 0.25) is 0 Å². The molecule has 0 aliphatic rings. The minimum Gasteiger partial charge on any atom is -0.456 e. The highest BCUT2D eigenvalue weighted by atomic mass is 16.3. The first kappa shape index (κ1) is 31.4. The zero-order valence-electron chi connectivity index (χ0n) is 29.3. The maximum atomic E-state index is 6.66. The number of nitrogens with zero attached hydrogens (tertiary/aromatic N) is 3. The van der Waals surface area contributed by atoms with Crippen molar-refractivity contribution in [1.82, 2.24) is 9.97 Å². The molecule has 0 radical (unpaired) electrons. The second kappa shape index (κ2) is 13.4. The van der Waals surface area contributed by atoms with Gasteiger partial charge in [0.15, 0.2) is 5.82 Å². The molecule has 0 atom stereocenters. The Labute approximate surface area is 313 Å². The average molecular weight is 692 g/mol. The summed E-state index contributed by atoms with van der Waals surface area (Å²) < 4.78 is 6.66. The van der Waals surface area contributed by atoms with Crippen LogP contribution in [0.15, 0.2) is 205 Å². The number of anilines is 3. The third-order valence-electron chi connectivity index (χ3n) is 10.1. The molecule has 0 spiro atoms. The van der Waals surface area contributed by atoms with E-state index < -0.39 is 0 Å². The molecule has 2 aromatic heterocycles. The summed E-state index contributed by atoms with van der Waals surface area (Å²) >= 11 is 0. The van der Waals surface area contributed by atoms with Crippen molar-refractivity contribution in [2.24, 2.45) is 0 Å². The first-order chi connectivity index (χ1) is 26.7. The maximum Gasteiger partial charge on any atom is 0.160 e. The van der Waals surface area contributed by atoms with Crippen molar-refractivity contribution >= 4 is 49.8 Å². The number of fused-ring (bicyclic) bond motifs is 4. The standard InChI is InChI=1S/C50H33N3O/c1-4-13-34(14-5-1)35-23-26-40(27-24-35)53(39-19-8-3-9-20-39)41-28-30-45-44-29-25-38(31-48(44)54-49(45)32-41)50-51-46(37-16-6-2-7-17-37)33-47(52-50)43-22-12-18-36-15-10-11-21-42(36)43/h1-33H. The van der Waals surface area contributed by atoms with Gasteiger partial charge in [-0.1, -0.05) is 140 Å². The fourth-order valence-corrected chi connectivity index (χ4v) is 7.42. The second-order valence-corrected chi connectivity index (χ2v) is 13.4. The Balaban J connectivity index is 1.07. The Kier molecular flexibility index (Phi) is 7.77. The van der Waals surface area contributed by atoms with Crippen LogP contribution in [0.4, 0.5) is 17.1 Å². The normalized spacial score (nSPS) is 11.3. The lowest BCUT2D eigenvalue weighted by Crippen LogP contribution is -2.09. The van der Waals surface area contributed by atoms with E-state index in [0.29, 0.717) is 5.82 Å². The fourth-order valence-electron chi connectivity index (χ4n) is 7.42. The van der Waals surface area contributed by atoms with Crippen LogP contribution in [0.25, 0.3) is 77.7 Å². The predicted molar refractivity (Wildman–Crippen MR) is 223 cm³/mol. The molecule has 0 aliphatic heterocycles. The van der Waals surface area contributed by atoms with Gasteiger partial charge >= 0.3 is 0 Å². The van der Waals surface area contributed by atoms with E-state index in [0.717, 1.165) is 72.5 Å². The third kappa shape index (κ3) is 5.76. The quantitative estimate of drug-likeness (QED) is 0.167. The van der Waals surface area contributed by atoms with Gasteiger partial charge in [-0.3, -0.25) is 0 Å². The smallest absolute Gasteiger partial charge is 0.160 e. The molecule has 0 amide bonds. The molecule has 0 saturated carbocycles. The number of hydrogen-bond donors (Lipinski definition) is 0. The Morgan fingerprint density at radius 3 is 1.69 bits per heavy atom. The van der Waals surface area contributed by atoms with Crippen LogP contribution in [0.3, 0.4) is 0 Å². The lowest BCUT2D eigenvalue weighted by atomic mass is 10.0. The van der Waals surface area contributed by atoms with E-state index in [4.69, 9.17) is 14.4 Å². The molecule has 0 aliphatic carbocycles. The Morgan fingerprint density at radius 2 is 0.907 bits per heavy atom. The van der Waals surface area contributed by atoms with Crippen LogP contribution in [0, 0.1) is 0 Å². The van der Waals surface area contributed by atoms with Crippen LogP contribution < -0.4 is 4.90 Å². The summed E-state index contributed by atoms with van der Waals surface area (Å²) in [6, 6.07) is 69.6. The van der Waals surface area contributed by atoms with Crippen molar-refractivity contribution in [2.75, 3.05) is 4.90 Å². The van der Waals surface area contributed by atoms with Crippen LogP contribution in [-0.4, -0.2) is 9.97 Å². The number of furan rings is 1. The van der Waals surface area contributed by atoms with Crippen molar-refractivity contribution in [3.8, 4) is 45.0 Å². The van der Waals surface area contributed by atoms with Gasteiger partial charge in [0.05, 0.1) is 11.4 Å². The number of rotatable bonds is 7. The van der Waals surface area contributed by atoms with Gasteiger partial charge in [-0.15, -0.1) is 0 Å². The van der Waals surface area contributed by atoms with Crippen molar-refractivity contribution < 1.29 is 4.42 Å². The largest absolute Gasteiger partial charge is 0.456 e. The monoisotopic (exact) mass is 691 g/mol.